The van der Waals surface area contributed by atoms with E-state index in [1.165, 1.54) is 6.07 Å². The highest BCUT2D eigenvalue weighted by Gasteiger charge is 2.14. The van der Waals surface area contributed by atoms with Gasteiger partial charge in [0, 0.05) is 24.9 Å². The Labute approximate surface area is 140 Å². The second kappa shape index (κ2) is 7.40. The molecule has 0 aliphatic rings. The first-order valence-corrected chi connectivity index (χ1v) is 8.23. The number of alkyl halides is 1. The molecule has 0 aliphatic heterocycles. The van der Waals surface area contributed by atoms with E-state index < -0.39 is 0 Å². The van der Waals surface area contributed by atoms with Gasteiger partial charge >= 0.3 is 5.97 Å². The van der Waals surface area contributed by atoms with Gasteiger partial charge in [-0.1, -0.05) is 0 Å². The number of aromatic nitrogens is 2. The quantitative estimate of drug-likeness (QED) is 0.405. The Morgan fingerprint density at radius 3 is 2.95 bits per heavy atom. The molecule has 0 saturated heterocycles. The lowest BCUT2D eigenvalue weighted by Gasteiger charge is -2.08. The van der Waals surface area contributed by atoms with Gasteiger partial charge in [-0.3, -0.25) is 4.79 Å². The summed E-state index contributed by atoms with van der Waals surface area (Å²) in [4.78, 5) is 16.0. The second-order valence-electron chi connectivity index (χ2n) is 4.43. The Morgan fingerprint density at radius 1 is 1.52 bits per heavy atom. The number of hydrogen-bond donors (Lipinski definition) is 0. The molecule has 1 heterocycles. The van der Waals surface area contributed by atoms with Crippen LogP contribution in [0.25, 0.3) is 11.0 Å². The largest absolute Gasteiger partial charge is 0.466 e. The van der Waals surface area contributed by atoms with Crippen LogP contribution in [-0.4, -0.2) is 28.0 Å². The highest BCUT2D eigenvalue weighted by atomic mass is 127. The van der Waals surface area contributed by atoms with Crippen molar-refractivity contribution in [1.82, 2.24) is 9.55 Å². The van der Waals surface area contributed by atoms with E-state index in [-0.39, 0.29) is 18.2 Å². The van der Waals surface area contributed by atoms with Gasteiger partial charge in [0.05, 0.1) is 27.6 Å². The monoisotopic (exact) mass is 424 g/mol. The third-order valence-corrected chi connectivity index (χ3v) is 4.05. The van der Waals surface area contributed by atoms with E-state index >= 15 is 0 Å². The molecule has 114 valence electrons. The minimum Gasteiger partial charge on any atom is -0.466 e. The van der Waals surface area contributed by atoms with E-state index in [0.29, 0.717) is 40.1 Å². The van der Waals surface area contributed by atoms with Crippen LogP contribution in [0.5, 0.6) is 0 Å². The maximum atomic E-state index is 13.8. The average Bonchev–Trinajstić information content (AvgIpc) is 2.75. The number of hydrogen-bond acceptors (Lipinski definition) is 3. The van der Waals surface area contributed by atoms with Crippen LogP contribution in [-0.2, 0) is 22.5 Å². The number of rotatable bonds is 6. The van der Waals surface area contributed by atoms with Crippen molar-refractivity contribution in [3.63, 3.8) is 0 Å². The molecule has 0 N–H and O–H groups in total. The molecule has 2 aromatic rings. The zero-order valence-corrected chi connectivity index (χ0v) is 14.4. The maximum absolute atomic E-state index is 13.8. The Balaban J connectivity index is 2.36. The van der Waals surface area contributed by atoms with Crippen molar-refractivity contribution in [2.75, 3.05) is 12.5 Å². The van der Waals surface area contributed by atoms with E-state index in [1.807, 2.05) is 27.2 Å². The van der Waals surface area contributed by atoms with Crippen LogP contribution >= 0.6 is 34.2 Å². The number of ether oxygens (including phenoxy) is 1. The number of carbonyl (C=O) groups is 1. The second-order valence-corrected chi connectivity index (χ2v) is 5.97. The smallest absolute Gasteiger partial charge is 0.307 e. The summed E-state index contributed by atoms with van der Waals surface area (Å²) in [6.07, 6.45) is 0.791. The van der Waals surface area contributed by atoms with Crippen LogP contribution < -0.4 is 0 Å². The molecule has 7 heteroatoms. The van der Waals surface area contributed by atoms with Crippen LogP contribution in [0.1, 0.15) is 19.2 Å². The lowest BCUT2D eigenvalue weighted by molar-refractivity contribution is -0.143. The predicted octanol–water partition coefficient (Wildman–Crippen LogP) is 3.51. The van der Waals surface area contributed by atoms with Crippen LogP contribution in [0.2, 0.25) is 0 Å². The minimum atomic E-state index is -0.294. The number of esters is 1. The molecule has 21 heavy (non-hydrogen) atoms. The number of halogens is 3. The van der Waals surface area contributed by atoms with Crippen molar-refractivity contribution in [1.29, 1.82) is 0 Å². The highest BCUT2D eigenvalue weighted by Crippen LogP contribution is 2.22. The number of nitrogens with zero attached hydrogens (tertiary/aromatic N) is 2. The summed E-state index contributed by atoms with van der Waals surface area (Å²) < 4.78 is 21.1. The van der Waals surface area contributed by atoms with Crippen molar-refractivity contribution in [3.05, 3.63) is 27.3 Å². The van der Waals surface area contributed by atoms with Gasteiger partial charge in [0.15, 0.2) is 0 Å². The molecule has 2 rings (SSSR count). The average molecular weight is 425 g/mol. The van der Waals surface area contributed by atoms with Crippen LogP contribution in [0.3, 0.4) is 0 Å². The summed E-state index contributed by atoms with van der Waals surface area (Å²) in [6, 6.07) is 3.15. The molecule has 1 aromatic heterocycles. The molecule has 4 nitrogen and oxygen atoms in total. The highest BCUT2D eigenvalue weighted by molar-refractivity contribution is 14.1. The molecule has 0 spiro atoms. The summed E-state index contributed by atoms with van der Waals surface area (Å²) in [7, 11) is 0. The van der Waals surface area contributed by atoms with Crippen molar-refractivity contribution < 1.29 is 13.9 Å². The molecule has 0 atom stereocenters. The maximum Gasteiger partial charge on any atom is 0.307 e. The molecule has 1 aromatic carbocycles. The lowest BCUT2D eigenvalue weighted by atomic mass is 10.3. The molecule has 0 radical (unpaired) electrons. The number of carbonyl (C=O) groups excluding carboxylic acids is 1. The fraction of sp³-hybridized carbons (Fsp3) is 0.429. The third-order valence-electron chi connectivity index (χ3n) is 3.03. The van der Waals surface area contributed by atoms with Gasteiger partial charge in [-0.05, 0) is 35.6 Å². The summed E-state index contributed by atoms with van der Waals surface area (Å²) in [5.41, 5.74) is 1.39. The molecule has 0 amide bonds. The standard InChI is InChI=1S/C14H15ClFIN2O2/c1-2-21-14(20)4-6-19-12-7-9(16)10(17)8-11(12)18-13(19)3-5-15/h7-8H,2-6H2,1H3. The van der Waals surface area contributed by atoms with Gasteiger partial charge < -0.3 is 9.30 Å². The summed E-state index contributed by atoms with van der Waals surface area (Å²) in [5.74, 6) is 0.605. The van der Waals surface area contributed by atoms with Gasteiger partial charge in [-0.25, -0.2) is 9.37 Å². The van der Waals surface area contributed by atoms with E-state index in [9.17, 15) is 9.18 Å². The number of fused-ring (bicyclic) bond motifs is 1. The zero-order valence-electron chi connectivity index (χ0n) is 11.5. The Morgan fingerprint density at radius 2 is 2.29 bits per heavy atom. The molecule has 0 bridgehead atoms. The lowest BCUT2D eigenvalue weighted by Crippen LogP contribution is -2.11. The minimum absolute atomic E-state index is 0.224. The molecule has 0 aliphatic carbocycles. The van der Waals surface area contributed by atoms with Gasteiger partial charge in [0.25, 0.3) is 0 Å². The van der Waals surface area contributed by atoms with E-state index in [2.05, 4.69) is 4.98 Å². The molecular formula is C14H15ClFIN2O2. The third kappa shape index (κ3) is 3.85. The predicted molar refractivity (Wildman–Crippen MR) is 88.1 cm³/mol. The molecule has 0 unspecified atom stereocenters. The zero-order chi connectivity index (χ0) is 15.4. The SMILES string of the molecule is CCOC(=O)CCn1c(CCCl)nc2cc(I)c(F)cc21. The first-order valence-electron chi connectivity index (χ1n) is 6.62. The first kappa shape index (κ1) is 16.5. The van der Waals surface area contributed by atoms with Gasteiger partial charge in [0.1, 0.15) is 11.6 Å². The molecular weight excluding hydrogens is 410 g/mol. The van der Waals surface area contributed by atoms with Gasteiger partial charge in [-0.2, -0.15) is 0 Å². The number of imidazole rings is 1. The van der Waals surface area contributed by atoms with E-state index in [4.69, 9.17) is 16.3 Å². The first-order chi connectivity index (χ1) is 10.1. The Kier molecular flexibility index (Phi) is 5.80. The van der Waals surface area contributed by atoms with Gasteiger partial charge in [-0.15, -0.1) is 11.6 Å². The number of aryl methyl sites for hydroxylation is 2. The van der Waals surface area contributed by atoms with Gasteiger partial charge in [0.2, 0.25) is 0 Å². The van der Waals surface area contributed by atoms with Crippen molar-refractivity contribution in [2.24, 2.45) is 0 Å². The Bertz CT molecular complexity index is 660. The topological polar surface area (TPSA) is 44.1 Å². The van der Waals surface area contributed by atoms with Crippen LogP contribution in [0.4, 0.5) is 4.39 Å². The Hall–Kier alpha value is -0.890. The van der Waals surface area contributed by atoms with Crippen LogP contribution in [0, 0.1) is 9.39 Å². The van der Waals surface area contributed by atoms with Crippen LogP contribution in [0.15, 0.2) is 12.1 Å². The fourth-order valence-electron chi connectivity index (χ4n) is 2.13. The van der Waals surface area contributed by atoms with Crippen molar-refractivity contribution >= 4 is 51.2 Å². The normalized spacial score (nSPS) is 11.0. The van der Waals surface area contributed by atoms with Crippen molar-refractivity contribution in [2.45, 2.75) is 26.3 Å². The summed E-state index contributed by atoms with van der Waals surface area (Å²) >= 11 is 7.72. The van der Waals surface area contributed by atoms with E-state index in [1.54, 1.807) is 13.0 Å². The van der Waals surface area contributed by atoms with Crippen molar-refractivity contribution in [3.8, 4) is 0 Å². The summed E-state index contributed by atoms with van der Waals surface area (Å²) in [5, 5.41) is 0. The number of benzene rings is 1. The molecule has 0 fully saturated rings. The fourth-order valence-corrected chi connectivity index (χ4v) is 2.75. The van der Waals surface area contributed by atoms with E-state index in [0.717, 1.165) is 5.82 Å². The summed E-state index contributed by atoms with van der Waals surface area (Å²) in [6.45, 7) is 2.52. The molecule has 0 saturated carbocycles.